The first-order chi connectivity index (χ1) is 14.0. The molecule has 2 aromatic heterocycles. The van der Waals surface area contributed by atoms with Crippen molar-refractivity contribution in [3.8, 4) is 11.1 Å². The van der Waals surface area contributed by atoms with Crippen LogP contribution in [0.4, 0.5) is 8.78 Å². The molecule has 29 heavy (non-hydrogen) atoms. The molecule has 4 aromatic rings. The van der Waals surface area contributed by atoms with Crippen LogP contribution in [0.25, 0.3) is 28.1 Å². The fraction of sp³-hybridized carbons (Fsp3) is 0. The fourth-order valence-electron chi connectivity index (χ4n) is 3.18. The predicted molar refractivity (Wildman–Crippen MR) is 108 cm³/mol. The van der Waals surface area contributed by atoms with Crippen molar-refractivity contribution in [2.75, 3.05) is 0 Å². The second-order valence-corrected chi connectivity index (χ2v) is 6.39. The molecule has 2 heterocycles. The summed E-state index contributed by atoms with van der Waals surface area (Å²) >= 11 is 0. The summed E-state index contributed by atoms with van der Waals surface area (Å²) in [7, 11) is 0. The third kappa shape index (κ3) is 3.73. The number of aromatic amines is 1. The molecule has 0 saturated heterocycles. The smallest absolute Gasteiger partial charge is 0.260 e. The second-order valence-electron chi connectivity index (χ2n) is 6.39. The zero-order chi connectivity index (χ0) is 20.4. The molecule has 0 unspecified atom stereocenters. The van der Waals surface area contributed by atoms with Crippen molar-refractivity contribution in [3.05, 3.63) is 106 Å². The number of fused-ring (bicyclic) bond motifs is 1. The van der Waals surface area contributed by atoms with Crippen LogP contribution in [0.1, 0.15) is 15.9 Å². The number of aromatic nitrogens is 2. The van der Waals surface area contributed by atoms with Gasteiger partial charge in [0.25, 0.3) is 5.56 Å². The standard InChI is InChI=1S/C23H14F2N2O2/c24-16-7-8-19-18(11-16)21(15-4-2-1-3-5-15)22(23(29)27-19)20(28)9-6-14-10-17(25)13-26-12-14/h1-13H,(H,27,29)/b9-6+. The normalized spacial score (nSPS) is 11.2. The Morgan fingerprint density at radius 1 is 0.966 bits per heavy atom. The van der Waals surface area contributed by atoms with Gasteiger partial charge in [-0.3, -0.25) is 14.6 Å². The molecule has 0 spiro atoms. The molecule has 0 atom stereocenters. The number of nitrogens with one attached hydrogen (secondary N) is 1. The number of rotatable bonds is 4. The van der Waals surface area contributed by atoms with E-state index in [0.717, 1.165) is 6.20 Å². The molecule has 0 aliphatic rings. The first-order valence-electron chi connectivity index (χ1n) is 8.77. The lowest BCUT2D eigenvalue weighted by molar-refractivity contribution is 0.104. The van der Waals surface area contributed by atoms with Gasteiger partial charge in [-0.05, 0) is 47.5 Å². The number of nitrogens with zero attached hydrogens (tertiary/aromatic N) is 1. The van der Waals surface area contributed by atoms with Crippen molar-refractivity contribution in [3.63, 3.8) is 0 Å². The third-order valence-corrected chi connectivity index (χ3v) is 4.44. The minimum Gasteiger partial charge on any atom is -0.321 e. The summed E-state index contributed by atoms with van der Waals surface area (Å²) in [6.07, 6.45) is 5.00. The van der Waals surface area contributed by atoms with E-state index in [9.17, 15) is 18.4 Å². The lowest BCUT2D eigenvalue weighted by atomic mass is 9.94. The summed E-state index contributed by atoms with van der Waals surface area (Å²) in [5.41, 5.74) is 1.05. The Kier molecular flexibility index (Phi) is 4.83. The van der Waals surface area contributed by atoms with Crippen LogP contribution in [-0.4, -0.2) is 15.8 Å². The van der Waals surface area contributed by atoms with Crippen molar-refractivity contribution in [1.29, 1.82) is 0 Å². The van der Waals surface area contributed by atoms with E-state index in [4.69, 9.17) is 0 Å². The van der Waals surface area contributed by atoms with E-state index in [1.807, 2.05) is 0 Å². The third-order valence-electron chi connectivity index (χ3n) is 4.44. The molecule has 142 valence electrons. The number of ketones is 1. The minimum atomic E-state index is -0.588. The maximum Gasteiger partial charge on any atom is 0.260 e. The Balaban J connectivity index is 1.92. The molecule has 0 amide bonds. The highest BCUT2D eigenvalue weighted by atomic mass is 19.1. The Morgan fingerprint density at radius 3 is 2.52 bits per heavy atom. The van der Waals surface area contributed by atoms with E-state index in [1.165, 1.54) is 42.6 Å². The number of allylic oxidation sites excluding steroid dienone is 1. The summed E-state index contributed by atoms with van der Waals surface area (Å²) in [5.74, 6) is -1.61. The monoisotopic (exact) mass is 388 g/mol. The molecule has 0 radical (unpaired) electrons. The molecular formula is C23H14F2N2O2. The van der Waals surface area contributed by atoms with Crippen LogP contribution < -0.4 is 5.56 Å². The molecule has 0 aliphatic carbocycles. The topological polar surface area (TPSA) is 62.8 Å². The number of pyridine rings is 2. The largest absolute Gasteiger partial charge is 0.321 e. The van der Waals surface area contributed by atoms with E-state index in [2.05, 4.69) is 9.97 Å². The van der Waals surface area contributed by atoms with Crippen LogP contribution in [-0.2, 0) is 0 Å². The maximum absolute atomic E-state index is 13.9. The van der Waals surface area contributed by atoms with Gasteiger partial charge in [0.1, 0.15) is 11.6 Å². The summed E-state index contributed by atoms with van der Waals surface area (Å²) in [4.78, 5) is 32.0. The lowest BCUT2D eigenvalue weighted by Crippen LogP contribution is -2.18. The minimum absolute atomic E-state index is 0.116. The highest BCUT2D eigenvalue weighted by molar-refractivity contribution is 6.15. The quantitative estimate of drug-likeness (QED) is 0.405. The molecule has 4 nitrogen and oxygen atoms in total. The van der Waals surface area contributed by atoms with Crippen molar-refractivity contribution in [1.82, 2.24) is 9.97 Å². The number of carbonyl (C=O) groups is 1. The molecule has 0 fully saturated rings. The van der Waals surface area contributed by atoms with Gasteiger partial charge >= 0.3 is 0 Å². The van der Waals surface area contributed by atoms with Gasteiger partial charge in [0, 0.05) is 22.7 Å². The van der Waals surface area contributed by atoms with Crippen molar-refractivity contribution < 1.29 is 13.6 Å². The summed E-state index contributed by atoms with van der Waals surface area (Å²) < 4.78 is 27.2. The van der Waals surface area contributed by atoms with Gasteiger partial charge < -0.3 is 4.98 Å². The zero-order valence-corrected chi connectivity index (χ0v) is 15.0. The van der Waals surface area contributed by atoms with Gasteiger partial charge in [0.15, 0.2) is 5.78 Å². The van der Waals surface area contributed by atoms with Gasteiger partial charge in [-0.2, -0.15) is 0 Å². The van der Waals surface area contributed by atoms with E-state index in [0.29, 0.717) is 27.6 Å². The molecule has 6 heteroatoms. The van der Waals surface area contributed by atoms with Crippen LogP contribution in [0.2, 0.25) is 0 Å². The predicted octanol–water partition coefficient (Wildman–Crippen LogP) is 4.76. The van der Waals surface area contributed by atoms with E-state index in [-0.39, 0.29) is 5.56 Å². The molecule has 0 bridgehead atoms. The van der Waals surface area contributed by atoms with E-state index < -0.39 is 23.0 Å². The highest BCUT2D eigenvalue weighted by Crippen LogP contribution is 2.30. The Labute approximate surface area is 164 Å². The highest BCUT2D eigenvalue weighted by Gasteiger charge is 2.19. The molecule has 4 rings (SSSR count). The molecule has 2 aromatic carbocycles. The fourth-order valence-corrected chi connectivity index (χ4v) is 3.18. The average Bonchev–Trinajstić information content (AvgIpc) is 2.72. The first kappa shape index (κ1) is 18.4. The average molecular weight is 388 g/mol. The number of H-pyrrole nitrogens is 1. The van der Waals surface area contributed by atoms with Gasteiger partial charge in [-0.15, -0.1) is 0 Å². The maximum atomic E-state index is 13.9. The summed E-state index contributed by atoms with van der Waals surface area (Å²) in [6.45, 7) is 0. The summed E-state index contributed by atoms with van der Waals surface area (Å²) in [6, 6.07) is 14.0. The van der Waals surface area contributed by atoms with Crippen LogP contribution in [0.3, 0.4) is 0 Å². The number of benzene rings is 2. The van der Waals surface area contributed by atoms with Gasteiger partial charge in [-0.1, -0.05) is 30.3 Å². The lowest BCUT2D eigenvalue weighted by Gasteiger charge is -2.11. The second kappa shape index (κ2) is 7.59. The molecule has 1 N–H and O–H groups in total. The Hall–Kier alpha value is -3.93. The van der Waals surface area contributed by atoms with Gasteiger partial charge in [0.05, 0.1) is 11.8 Å². The van der Waals surface area contributed by atoms with Gasteiger partial charge in [0.2, 0.25) is 0 Å². The Morgan fingerprint density at radius 2 is 1.76 bits per heavy atom. The number of halogens is 2. The van der Waals surface area contributed by atoms with Crippen LogP contribution in [0.15, 0.2) is 77.9 Å². The SMILES string of the molecule is O=C(/C=C/c1cncc(F)c1)c1c(-c2ccccc2)c2cc(F)ccc2[nH]c1=O. The van der Waals surface area contributed by atoms with Crippen molar-refractivity contribution in [2.24, 2.45) is 0 Å². The van der Waals surface area contributed by atoms with Crippen LogP contribution in [0.5, 0.6) is 0 Å². The number of carbonyl (C=O) groups excluding carboxylic acids is 1. The number of hydrogen-bond acceptors (Lipinski definition) is 3. The van der Waals surface area contributed by atoms with Crippen LogP contribution >= 0.6 is 0 Å². The van der Waals surface area contributed by atoms with E-state index in [1.54, 1.807) is 30.3 Å². The molecule has 0 aliphatic heterocycles. The Bertz CT molecular complexity index is 1310. The van der Waals surface area contributed by atoms with Crippen molar-refractivity contribution >= 4 is 22.8 Å². The van der Waals surface area contributed by atoms with Crippen LogP contribution in [0, 0.1) is 11.6 Å². The zero-order valence-electron chi connectivity index (χ0n) is 15.0. The molecular weight excluding hydrogens is 374 g/mol. The van der Waals surface area contributed by atoms with Gasteiger partial charge in [-0.25, -0.2) is 8.78 Å². The number of hydrogen-bond donors (Lipinski definition) is 1. The summed E-state index contributed by atoms with van der Waals surface area (Å²) in [5, 5.41) is 0.417. The first-order valence-corrected chi connectivity index (χ1v) is 8.77. The molecule has 0 saturated carbocycles. The van der Waals surface area contributed by atoms with E-state index >= 15 is 0 Å². The van der Waals surface area contributed by atoms with Crippen molar-refractivity contribution in [2.45, 2.75) is 0 Å².